The number of fused-ring (bicyclic) bond motifs is 3. The fourth-order valence-electron chi connectivity index (χ4n) is 3.63. The summed E-state index contributed by atoms with van der Waals surface area (Å²) >= 11 is 6.86. The normalized spacial score (nSPS) is 22.9. The Balaban J connectivity index is 1.61. The number of aromatic nitrogens is 1. The fraction of sp³-hybridized carbons (Fsp3) is 0.200. The predicted molar refractivity (Wildman–Crippen MR) is 108 cm³/mol. The molecule has 30 heavy (non-hydrogen) atoms. The number of hydrogen-bond acceptors (Lipinski definition) is 6. The molecule has 0 aliphatic carbocycles. The molecule has 2 aromatic carbocycles. The number of ether oxygens (including phenoxy) is 1. The Morgan fingerprint density at radius 3 is 2.63 bits per heavy atom. The molecule has 2 aliphatic rings. The van der Waals surface area contributed by atoms with Gasteiger partial charge in [0.15, 0.2) is 0 Å². The van der Waals surface area contributed by atoms with E-state index in [4.69, 9.17) is 16.3 Å². The molecule has 2 aliphatic heterocycles. The molecule has 0 unspecified atom stereocenters. The van der Waals surface area contributed by atoms with Crippen molar-refractivity contribution in [2.24, 2.45) is 11.0 Å². The van der Waals surface area contributed by atoms with E-state index in [1.54, 1.807) is 53.9 Å². The average Bonchev–Trinajstić information content (AvgIpc) is 3.32. The highest BCUT2D eigenvalue weighted by Crippen LogP contribution is 2.50. The number of rotatable bonds is 2. The number of benzene rings is 2. The van der Waals surface area contributed by atoms with Crippen LogP contribution in [0.5, 0.6) is 5.75 Å². The lowest BCUT2D eigenvalue weighted by atomic mass is 9.86. The number of para-hydroxylation sites is 1. The minimum absolute atomic E-state index is 0.0702. The number of anilines is 1. The van der Waals surface area contributed by atoms with E-state index in [1.807, 2.05) is 0 Å². The first-order valence-corrected chi connectivity index (χ1v) is 10.2. The molecule has 2 atom stereocenters. The van der Waals surface area contributed by atoms with Gasteiger partial charge in [0, 0.05) is 21.5 Å². The quantitative estimate of drug-likeness (QED) is 0.599. The topological polar surface area (TPSA) is 58.0 Å². The molecule has 154 valence electrons. The van der Waals surface area contributed by atoms with Gasteiger partial charge in [-0.05, 0) is 24.3 Å². The van der Waals surface area contributed by atoms with Crippen molar-refractivity contribution in [3.63, 3.8) is 0 Å². The maximum Gasteiger partial charge on any atom is 0.439 e. The minimum atomic E-state index is -5.00. The number of alkyl halides is 3. The summed E-state index contributed by atoms with van der Waals surface area (Å²) in [7, 11) is 0. The number of aliphatic hydroxyl groups is 1. The summed E-state index contributed by atoms with van der Waals surface area (Å²) in [6.07, 6.45) is -5.00. The van der Waals surface area contributed by atoms with E-state index in [2.05, 4.69) is 10.1 Å². The number of hydrogen-bond donors (Lipinski definition) is 1. The van der Waals surface area contributed by atoms with Crippen LogP contribution in [0, 0.1) is 5.92 Å². The van der Waals surface area contributed by atoms with Crippen molar-refractivity contribution in [3.05, 3.63) is 64.5 Å². The predicted octanol–water partition coefficient (Wildman–Crippen LogP) is 4.95. The monoisotopic (exact) mass is 451 g/mol. The van der Waals surface area contributed by atoms with E-state index in [1.165, 1.54) is 0 Å². The van der Waals surface area contributed by atoms with Gasteiger partial charge in [-0.3, -0.25) is 0 Å². The number of hydrazone groups is 1. The molecule has 1 N–H and O–H groups in total. The first-order valence-electron chi connectivity index (χ1n) is 8.90. The standard InChI is InChI=1S/C20H13ClF3N3O2S/c21-12-7-5-11(6-8-12)15-10-30-18(25-15)27-19(28,20(22,23)24)14-9-29-16-4-2-1-3-13(16)17(14)26-27/h1-8,10,14,28H,9H2/t14-,19+/m1/s1. The van der Waals surface area contributed by atoms with E-state index in [-0.39, 0.29) is 17.5 Å². The Bertz CT molecular complexity index is 1150. The largest absolute Gasteiger partial charge is 0.492 e. The second-order valence-electron chi connectivity index (χ2n) is 6.90. The van der Waals surface area contributed by atoms with E-state index < -0.39 is 17.8 Å². The molecule has 5 nitrogen and oxygen atoms in total. The summed E-state index contributed by atoms with van der Waals surface area (Å²) in [5.41, 5.74) is -1.57. The van der Waals surface area contributed by atoms with Gasteiger partial charge in [-0.15, -0.1) is 11.3 Å². The Morgan fingerprint density at radius 2 is 1.90 bits per heavy atom. The van der Waals surface area contributed by atoms with Crippen LogP contribution in [0.15, 0.2) is 59.0 Å². The molecular weight excluding hydrogens is 439 g/mol. The number of nitrogens with zero attached hydrogens (tertiary/aromatic N) is 3. The summed E-state index contributed by atoms with van der Waals surface area (Å²) < 4.78 is 47.9. The van der Waals surface area contributed by atoms with Gasteiger partial charge >= 0.3 is 6.18 Å². The van der Waals surface area contributed by atoms with Gasteiger partial charge in [0.25, 0.3) is 5.72 Å². The van der Waals surface area contributed by atoms with Crippen molar-refractivity contribution in [3.8, 4) is 17.0 Å². The summed E-state index contributed by atoms with van der Waals surface area (Å²) in [6, 6.07) is 13.5. The van der Waals surface area contributed by atoms with Gasteiger partial charge in [-0.2, -0.15) is 23.3 Å². The summed E-state index contributed by atoms with van der Waals surface area (Å²) in [5.74, 6) is -0.977. The minimum Gasteiger partial charge on any atom is -0.492 e. The second kappa shape index (κ2) is 6.69. The van der Waals surface area contributed by atoms with Crippen molar-refractivity contribution in [2.45, 2.75) is 11.9 Å². The van der Waals surface area contributed by atoms with Crippen LogP contribution in [0.1, 0.15) is 5.56 Å². The average molecular weight is 452 g/mol. The van der Waals surface area contributed by atoms with E-state index in [9.17, 15) is 18.3 Å². The lowest BCUT2D eigenvalue weighted by Gasteiger charge is -2.38. The van der Waals surface area contributed by atoms with Gasteiger partial charge in [-0.25, -0.2) is 4.98 Å². The molecule has 3 aromatic rings. The van der Waals surface area contributed by atoms with Crippen LogP contribution in [0.25, 0.3) is 11.3 Å². The molecule has 10 heteroatoms. The lowest BCUT2D eigenvalue weighted by Crippen LogP contribution is -2.61. The van der Waals surface area contributed by atoms with Crippen LogP contribution in [-0.4, -0.2) is 34.3 Å². The molecule has 0 amide bonds. The van der Waals surface area contributed by atoms with Gasteiger partial charge < -0.3 is 9.84 Å². The van der Waals surface area contributed by atoms with Crippen molar-refractivity contribution in [1.29, 1.82) is 0 Å². The smallest absolute Gasteiger partial charge is 0.439 e. The Labute approximate surface area is 178 Å². The molecule has 0 saturated carbocycles. The Kier molecular flexibility index (Phi) is 4.32. The highest BCUT2D eigenvalue weighted by Gasteiger charge is 2.69. The van der Waals surface area contributed by atoms with Crippen LogP contribution in [0.2, 0.25) is 5.02 Å². The number of thiazole rings is 1. The zero-order chi connectivity index (χ0) is 21.1. The first-order chi connectivity index (χ1) is 14.3. The summed E-state index contributed by atoms with van der Waals surface area (Å²) in [6.45, 7) is -0.349. The van der Waals surface area contributed by atoms with E-state index >= 15 is 0 Å². The zero-order valence-corrected chi connectivity index (χ0v) is 16.7. The van der Waals surface area contributed by atoms with Crippen molar-refractivity contribution in [2.75, 3.05) is 11.6 Å². The molecule has 0 radical (unpaired) electrons. The third-order valence-corrected chi connectivity index (χ3v) is 6.21. The van der Waals surface area contributed by atoms with Crippen molar-refractivity contribution < 1.29 is 23.0 Å². The molecule has 5 rings (SSSR count). The maximum absolute atomic E-state index is 14.1. The van der Waals surface area contributed by atoms with E-state index in [0.717, 1.165) is 11.3 Å². The van der Waals surface area contributed by atoms with Gasteiger partial charge in [0.2, 0.25) is 5.13 Å². The first kappa shape index (κ1) is 19.3. The molecule has 1 aromatic heterocycles. The third-order valence-electron chi connectivity index (χ3n) is 5.15. The van der Waals surface area contributed by atoms with Crippen molar-refractivity contribution >= 4 is 33.8 Å². The Morgan fingerprint density at radius 1 is 1.17 bits per heavy atom. The SMILES string of the molecule is O[C@]1(C(F)(F)F)[C@@H]2COc3ccccc3C2=NN1c1nc(-c2ccc(Cl)cc2)cs1. The fourth-order valence-corrected chi connectivity index (χ4v) is 4.59. The lowest BCUT2D eigenvalue weighted by molar-refractivity contribution is -0.270. The summed E-state index contributed by atoms with van der Waals surface area (Å²) in [5, 5.41) is 17.8. The van der Waals surface area contributed by atoms with Crippen LogP contribution >= 0.6 is 22.9 Å². The van der Waals surface area contributed by atoms with Gasteiger partial charge in [-0.1, -0.05) is 35.9 Å². The summed E-state index contributed by atoms with van der Waals surface area (Å²) in [4.78, 5) is 4.31. The second-order valence-corrected chi connectivity index (χ2v) is 8.18. The molecule has 0 fully saturated rings. The maximum atomic E-state index is 14.1. The van der Waals surface area contributed by atoms with Crippen LogP contribution in [0.3, 0.4) is 0 Å². The highest BCUT2D eigenvalue weighted by molar-refractivity contribution is 7.14. The molecule has 0 spiro atoms. The van der Waals surface area contributed by atoms with Crippen molar-refractivity contribution in [1.82, 2.24) is 4.98 Å². The highest BCUT2D eigenvalue weighted by atomic mass is 35.5. The molecule has 3 heterocycles. The molecular formula is C20H13ClF3N3O2S. The van der Waals surface area contributed by atoms with Gasteiger partial charge in [0.1, 0.15) is 12.4 Å². The van der Waals surface area contributed by atoms with Crippen LogP contribution in [-0.2, 0) is 0 Å². The zero-order valence-electron chi connectivity index (χ0n) is 15.1. The van der Waals surface area contributed by atoms with Gasteiger partial charge in [0.05, 0.1) is 17.3 Å². The molecule has 0 saturated heterocycles. The Hall–Kier alpha value is -2.62. The third kappa shape index (κ3) is 2.80. The van der Waals surface area contributed by atoms with Crippen LogP contribution in [0.4, 0.5) is 18.3 Å². The van der Waals surface area contributed by atoms with E-state index in [0.29, 0.717) is 32.6 Å². The van der Waals surface area contributed by atoms with Crippen LogP contribution < -0.4 is 9.75 Å². The molecule has 0 bridgehead atoms. The number of halogens is 4.